The van der Waals surface area contributed by atoms with Crippen molar-refractivity contribution in [2.75, 3.05) is 19.0 Å². The summed E-state index contributed by atoms with van der Waals surface area (Å²) in [6, 6.07) is 7.46. The smallest absolute Gasteiger partial charge is 0.266 e. The summed E-state index contributed by atoms with van der Waals surface area (Å²) in [5, 5.41) is 11.7. The highest BCUT2D eigenvalue weighted by atomic mass is 32.2. The molecule has 0 spiro atoms. The highest BCUT2D eigenvalue weighted by Crippen LogP contribution is 2.33. The Balaban J connectivity index is 1.54. The second kappa shape index (κ2) is 9.26. The van der Waals surface area contributed by atoms with E-state index in [9.17, 15) is 9.59 Å². The monoisotopic (exact) mass is 434 g/mol. The molecule has 1 aliphatic rings. The maximum atomic E-state index is 12.6. The number of anilines is 1. The zero-order valence-electron chi connectivity index (χ0n) is 15.3. The molecule has 1 aromatic heterocycles. The maximum Gasteiger partial charge on any atom is 0.266 e. The Morgan fingerprint density at radius 1 is 1.39 bits per heavy atom. The molecule has 3 rings (SSSR count). The molecule has 7 nitrogen and oxygen atoms in total. The molecule has 2 amide bonds. The molecule has 2 heterocycles. The third-order valence-corrected chi connectivity index (χ3v) is 5.95. The van der Waals surface area contributed by atoms with Crippen molar-refractivity contribution in [3.8, 4) is 5.75 Å². The Morgan fingerprint density at radius 3 is 2.93 bits per heavy atom. The first-order chi connectivity index (χ1) is 13.5. The lowest BCUT2D eigenvalue weighted by atomic mass is 10.2. The van der Waals surface area contributed by atoms with Gasteiger partial charge in [-0.3, -0.25) is 14.5 Å². The number of hydrogen-bond acceptors (Lipinski definition) is 8. The Hall–Kier alpha value is -2.30. The van der Waals surface area contributed by atoms with Crippen LogP contribution in [0.4, 0.5) is 5.13 Å². The number of methoxy groups -OCH3 is 1. The first kappa shape index (κ1) is 20.4. The van der Waals surface area contributed by atoms with Crippen LogP contribution in [0.15, 0.2) is 29.2 Å². The van der Waals surface area contributed by atoms with Crippen molar-refractivity contribution < 1.29 is 14.3 Å². The number of aryl methyl sites for hydroxylation is 1. The van der Waals surface area contributed by atoms with Crippen LogP contribution >= 0.6 is 35.3 Å². The van der Waals surface area contributed by atoms with Crippen LogP contribution in [0.3, 0.4) is 0 Å². The van der Waals surface area contributed by atoms with Crippen LogP contribution in [-0.2, 0) is 9.59 Å². The number of thiocarbonyl (C=S) groups is 1. The SMILES string of the molecule is COc1cccc(C=C2SC(=S)N(CCCC(=O)Nc3nnc(C)s3)C2=O)c1. The summed E-state index contributed by atoms with van der Waals surface area (Å²) < 4.78 is 5.70. The van der Waals surface area contributed by atoms with Gasteiger partial charge in [-0.1, -0.05) is 47.4 Å². The van der Waals surface area contributed by atoms with Crippen molar-refractivity contribution in [1.82, 2.24) is 15.1 Å². The second-order valence-corrected chi connectivity index (χ2v) is 8.75. The van der Waals surface area contributed by atoms with Crippen LogP contribution in [0.1, 0.15) is 23.4 Å². The van der Waals surface area contributed by atoms with Crippen LogP contribution in [-0.4, -0.2) is 44.9 Å². The van der Waals surface area contributed by atoms with E-state index in [1.165, 1.54) is 28.0 Å². The van der Waals surface area contributed by atoms with E-state index < -0.39 is 0 Å². The van der Waals surface area contributed by atoms with Gasteiger partial charge in [-0.05, 0) is 37.1 Å². The molecule has 0 saturated carbocycles. The molecule has 1 fully saturated rings. The predicted molar refractivity (Wildman–Crippen MR) is 115 cm³/mol. The van der Waals surface area contributed by atoms with Gasteiger partial charge >= 0.3 is 0 Å². The summed E-state index contributed by atoms with van der Waals surface area (Å²) in [5.41, 5.74) is 0.867. The minimum absolute atomic E-state index is 0.141. The summed E-state index contributed by atoms with van der Waals surface area (Å²) >= 11 is 7.92. The highest BCUT2D eigenvalue weighted by Gasteiger charge is 2.31. The van der Waals surface area contributed by atoms with Crippen molar-refractivity contribution >= 4 is 62.7 Å². The van der Waals surface area contributed by atoms with Gasteiger partial charge in [0.1, 0.15) is 15.1 Å². The minimum atomic E-state index is -0.159. The van der Waals surface area contributed by atoms with E-state index in [-0.39, 0.29) is 18.2 Å². The van der Waals surface area contributed by atoms with Gasteiger partial charge in [0, 0.05) is 13.0 Å². The van der Waals surface area contributed by atoms with E-state index in [1.807, 2.05) is 31.2 Å². The van der Waals surface area contributed by atoms with Gasteiger partial charge in [0.2, 0.25) is 11.0 Å². The van der Waals surface area contributed by atoms with Gasteiger partial charge in [-0.2, -0.15) is 0 Å². The van der Waals surface area contributed by atoms with Gasteiger partial charge in [-0.25, -0.2) is 0 Å². The normalized spacial score (nSPS) is 15.4. The number of thioether (sulfide) groups is 1. The summed E-state index contributed by atoms with van der Waals surface area (Å²) in [6.45, 7) is 2.21. The fraction of sp³-hybridized carbons (Fsp3) is 0.278. The summed E-state index contributed by atoms with van der Waals surface area (Å²) in [5.74, 6) is 0.423. The third kappa shape index (κ3) is 5.15. The lowest BCUT2D eigenvalue weighted by Crippen LogP contribution is -2.29. The average Bonchev–Trinajstić information content (AvgIpc) is 3.19. The molecule has 0 aliphatic carbocycles. The largest absolute Gasteiger partial charge is 0.497 e. The average molecular weight is 435 g/mol. The minimum Gasteiger partial charge on any atom is -0.497 e. The van der Waals surface area contributed by atoms with Crippen LogP contribution in [0, 0.1) is 6.92 Å². The fourth-order valence-electron chi connectivity index (χ4n) is 2.50. The van der Waals surface area contributed by atoms with Gasteiger partial charge < -0.3 is 10.1 Å². The van der Waals surface area contributed by atoms with Crippen LogP contribution < -0.4 is 10.1 Å². The topological polar surface area (TPSA) is 84.4 Å². The quantitative estimate of drug-likeness (QED) is 0.527. The van der Waals surface area contributed by atoms with Gasteiger partial charge in [0.25, 0.3) is 5.91 Å². The first-order valence-electron chi connectivity index (χ1n) is 8.45. The lowest BCUT2D eigenvalue weighted by molar-refractivity contribution is -0.122. The molecule has 1 saturated heterocycles. The standard InChI is InChI=1S/C18H18N4O3S3/c1-11-20-21-17(27-11)19-15(23)7-4-8-22-16(24)14(28-18(22)26)10-12-5-3-6-13(9-12)25-2/h3,5-6,9-10H,4,7-8H2,1-2H3,(H,19,21,23). The van der Waals surface area contributed by atoms with E-state index in [1.54, 1.807) is 13.2 Å². The number of carbonyl (C=O) groups excluding carboxylic acids is 2. The highest BCUT2D eigenvalue weighted by molar-refractivity contribution is 8.26. The molecule has 0 unspecified atom stereocenters. The molecule has 10 heteroatoms. The molecule has 146 valence electrons. The number of aromatic nitrogens is 2. The number of hydrogen-bond donors (Lipinski definition) is 1. The van der Waals surface area contributed by atoms with Crippen molar-refractivity contribution in [1.29, 1.82) is 0 Å². The zero-order chi connectivity index (χ0) is 20.1. The second-order valence-electron chi connectivity index (χ2n) is 5.89. The third-order valence-electron chi connectivity index (χ3n) is 3.82. The lowest BCUT2D eigenvalue weighted by Gasteiger charge is -2.13. The van der Waals surface area contributed by atoms with Crippen LogP contribution in [0.25, 0.3) is 6.08 Å². The van der Waals surface area contributed by atoms with E-state index >= 15 is 0 Å². The molecule has 0 radical (unpaired) electrons. The predicted octanol–water partition coefficient (Wildman–Crippen LogP) is 3.48. The molecule has 1 aliphatic heterocycles. The number of rotatable bonds is 7. The summed E-state index contributed by atoms with van der Waals surface area (Å²) in [7, 11) is 1.60. The Morgan fingerprint density at radius 2 is 2.21 bits per heavy atom. The number of nitrogens with zero attached hydrogens (tertiary/aromatic N) is 3. The number of nitrogens with one attached hydrogen (secondary N) is 1. The molecular formula is C18H18N4O3S3. The number of amides is 2. The van der Waals surface area contributed by atoms with Crippen molar-refractivity contribution in [2.24, 2.45) is 0 Å². The van der Waals surface area contributed by atoms with E-state index in [0.717, 1.165) is 16.3 Å². The van der Waals surface area contributed by atoms with Crippen molar-refractivity contribution in [3.63, 3.8) is 0 Å². The van der Waals surface area contributed by atoms with E-state index in [0.29, 0.717) is 27.3 Å². The molecule has 2 aromatic rings. The maximum absolute atomic E-state index is 12.6. The van der Waals surface area contributed by atoms with Gasteiger partial charge in [0.05, 0.1) is 12.0 Å². The van der Waals surface area contributed by atoms with Gasteiger partial charge in [-0.15, -0.1) is 10.2 Å². The first-order valence-corrected chi connectivity index (χ1v) is 10.5. The van der Waals surface area contributed by atoms with Crippen LogP contribution in [0.2, 0.25) is 0 Å². The molecule has 1 aromatic carbocycles. The Kier molecular flexibility index (Phi) is 6.76. The Bertz CT molecular complexity index is 942. The van der Waals surface area contributed by atoms with Crippen molar-refractivity contribution in [3.05, 3.63) is 39.7 Å². The molecule has 1 N–H and O–H groups in total. The van der Waals surface area contributed by atoms with Crippen LogP contribution in [0.5, 0.6) is 5.75 Å². The van der Waals surface area contributed by atoms with Crippen molar-refractivity contribution in [2.45, 2.75) is 19.8 Å². The van der Waals surface area contributed by atoms with E-state index in [2.05, 4.69) is 15.5 Å². The number of ether oxygens (including phenoxy) is 1. The Labute approximate surface area is 176 Å². The number of benzene rings is 1. The summed E-state index contributed by atoms with van der Waals surface area (Å²) in [4.78, 5) is 26.7. The zero-order valence-corrected chi connectivity index (χ0v) is 17.7. The number of carbonyl (C=O) groups is 2. The molecule has 0 atom stereocenters. The molecule has 0 bridgehead atoms. The van der Waals surface area contributed by atoms with Gasteiger partial charge in [0.15, 0.2) is 0 Å². The fourth-order valence-corrected chi connectivity index (χ4v) is 4.42. The molecule has 28 heavy (non-hydrogen) atoms. The molecular weight excluding hydrogens is 416 g/mol. The van der Waals surface area contributed by atoms with E-state index in [4.69, 9.17) is 17.0 Å². The summed E-state index contributed by atoms with van der Waals surface area (Å²) in [6.07, 6.45) is 2.57.